The summed E-state index contributed by atoms with van der Waals surface area (Å²) in [6.07, 6.45) is 3.72. The second kappa shape index (κ2) is 6.26. The minimum Gasteiger partial charge on any atom is -0.498 e. The van der Waals surface area contributed by atoms with Gasteiger partial charge in [-0.15, -0.1) is 0 Å². The van der Waals surface area contributed by atoms with E-state index in [0.717, 1.165) is 12.4 Å². The molecule has 0 bridgehead atoms. The van der Waals surface area contributed by atoms with Crippen LogP contribution in [0.5, 0.6) is 0 Å². The smallest absolute Gasteiger partial charge is 0.0915 e. The Morgan fingerprint density at radius 2 is 1.73 bits per heavy atom. The second-order valence-corrected chi connectivity index (χ2v) is 3.11. The van der Waals surface area contributed by atoms with Gasteiger partial charge in [0, 0.05) is 0 Å². The lowest BCUT2D eigenvalue weighted by Crippen LogP contribution is -1.93. The molecule has 66 valence electrons. The van der Waals surface area contributed by atoms with Gasteiger partial charge in [-0.2, -0.15) is 0 Å². The van der Waals surface area contributed by atoms with Gasteiger partial charge in [-0.1, -0.05) is 19.8 Å². The van der Waals surface area contributed by atoms with Crippen LogP contribution in [0.25, 0.3) is 0 Å². The van der Waals surface area contributed by atoms with Gasteiger partial charge in [-0.25, -0.2) is 0 Å². The van der Waals surface area contributed by atoms with Crippen molar-refractivity contribution in [2.75, 3.05) is 6.61 Å². The maximum absolute atomic E-state index is 5.49. The van der Waals surface area contributed by atoms with Crippen molar-refractivity contribution in [2.24, 2.45) is 0 Å². The minimum absolute atomic E-state index is 0.880. The molecule has 1 nitrogen and oxygen atoms in total. The van der Waals surface area contributed by atoms with Crippen molar-refractivity contribution in [3.63, 3.8) is 0 Å². The monoisotopic (exact) mass is 156 g/mol. The summed E-state index contributed by atoms with van der Waals surface area (Å²) in [4.78, 5) is 0. The summed E-state index contributed by atoms with van der Waals surface area (Å²) in [6.45, 7) is 9.27. The Balaban J connectivity index is 3.32. The molecule has 0 rings (SSSR count). The lowest BCUT2D eigenvalue weighted by Gasteiger charge is -2.06. The number of ether oxygens (including phenoxy) is 1. The molecule has 1 heteroatoms. The Hall–Kier alpha value is -0.460. The highest BCUT2D eigenvalue weighted by Crippen LogP contribution is 2.05. The Kier molecular flexibility index (Phi) is 6.00. The van der Waals surface area contributed by atoms with E-state index in [2.05, 4.69) is 20.8 Å². The van der Waals surface area contributed by atoms with Crippen LogP contribution in [-0.2, 0) is 4.74 Å². The van der Waals surface area contributed by atoms with Crippen LogP contribution in [0.15, 0.2) is 11.3 Å². The van der Waals surface area contributed by atoms with E-state index in [1.165, 1.54) is 24.8 Å². The zero-order valence-electron chi connectivity index (χ0n) is 8.24. The molecule has 0 atom stereocenters. The van der Waals surface area contributed by atoms with Gasteiger partial charge < -0.3 is 4.74 Å². The molecule has 0 aromatic carbocycles. The van der Waals surface area contributed by atoms with Crippen molar-refractivity contribution in [3.8, 4) is 0 Å². The van der Waals surface area contributed by atoms with Crippen molar-refractivity contribution in [1.82, 2.24) is 0 Å². The summed E-state index contributed by atoms with van der Waals surface area (Å²) in [5.74, 6) is 1.08. The number of unbranched alkanes of at least 4 members (excludes halogenated alkanes) is 2. The molecule has 11 heavy (non-hydrogen) atoms. The molecule has 0 aromatic rings. The van der Waals surface area contributed by atoms with Crippen LogP contribution >= 0.6 is 0 Å². The van der Waals surface area contributed by atoms with E-state index in [1.807, 2.05) is 6.92 Å². The molecular weight excluding hydrogens is 136 g/mol. The molecule has 0 unspecified atom stereocenters. The van der Waals surface area contributed by atoms with Crippen LogP contribution in [0.2, 0.25) is 0 Å². The lowest BCUT2D eigenvalue weighted by atomic mass is 10.2. The normalized spacial score (nSPS) is 9.45. The fourth-order valence-corrected chi connectivity index (χ4v) is 0.722. The first kappa shape index (κ1) is 10.5. The second-order valence-electron chi connectivity index (χ2n) is 3.11. The molecule has 0 spiro atoms. The summed E-state index contributed by atoms with van der Waals surface area (Å²) in [5.41, 5.74) is 1.28. The zero-order chi connectivity index (χ0) is 8.69. The van der Waals surface area contributed by atoms with Crippen molar-refractivity contribution in [2.45, 2.75) is 47.0 Å². The van der Waals surface area contributed by atoms with E-state index in [-0.39, 0.29) is 0 Å². The van der Waals surface area contributed by atoms with Gasteiger partial charge in [-0.05, 0) is 32.8 Å². The van der Waals surface area contributed by atoms with Gasteiger partial charge in [0.05, 0.1) is 12.4 Å². The molecule has 0 amide bonds. The van der Waals surface area contributed by atoms with E-state index in [9.17, 15) is 0 Å². The standard InChI is InChI=1S/C10H20O/c1-5-6-7-8-11-10(4)9(2)3/h5-8H2,1-4H3. The van der Waals surface area contributed by atoms with E-state index in [1.54, 1.807) is 0 Å². The first-order valence-electron chi connectivity index (χ1n) is 4.45. The van der Waals surface area contributed by atoms with Gasteiger partial charge in [0.2, 0.25) is 0 Å². The molecule has 0 aliphatic heterocycles. The topological polar surface area (TPSA) is 9.23 Å². The fourth-order valence-electron chi connectivity index (χ4n) is 0.722. The molecule has 0 fully saturated rings. The predicted molar refractivity (Wildman–Crippen MR) is 49.5 cm³/mol. The molecule has 0 aliphatic rings. The minimum atomic E-state index is 0.880. The molecule has 0 saturated carbocycles. The lowest BCUT2D eigenvalue weighted by molar-refractivity contribution is 0.204. The highest BCUT2D eigenvalue weighted by Gasteiger charge is 1.91. The highest BCUT2D eigenvalue weighted by molar-refractivity contribution is 4.98. The van der Waals surface area contributed by atoms with Gasteiger partial charge in [-0.3, -0.25) is 0 Å². The van der Waals surface area contributed by atoms with Crippen LogP contribution in [0.3, 0.4) is 0 Å². The Morgan fingerprint density at radius 1 is 1.09 bits per heavy atom. The molecule has 0 heterocycles. The SMILES string of the molecule is CCCCCOC(C)=C(C)C. The van der Waals surface area contributed by atoms with Crippen LogP contribution in [0.4, 0.5) is 0 Å². The Labute approximate surface area is 70.4 Å². The van der Waals surface area contributed by atoms with E-state index >= 15 is 0 Å². The van der Waals surface area contributed by atoms with E-state index in [0.29, 0.717) is 0 Å². The van der Waals surface area contributed by atoms with Crippen molar-refractivity contribution >= 4 is 0 Å². The largest absolute Gasteiger partial charge is 0.498 e. The molecular formula is C10H20O. The molecule has 0 N–H and O–H groups in total. The van der Waals surface area contributed by atoms with Crippen LogP contribution in [0.1, 0.15) is 47.0 Å². The highest BCUT2D eigenvalue weighted by atomic mass is 16.5. The number of rotatable bonds is 5. The van der Waals surface area contributed by atoms with E-state index in [4.69, 9.17) is 4.74 Å². The number of hydrogen-bond acceptors (Lipinski definition) is 1. The summed E-state index contributed by atoms with van der Waals surface area (Å²) < 4.78 is 5.49. The maximum Gasteiger partial charge on any atom is 0.0915 e. The Bertz CT molecular complexity index is 121. The first-order valence-corrected chi connectivity index (χ1v) is 4.45. The van der Waals surface area contributed by atoms with Crippen LogP contribution in [-0.4, -0.2) is 6.61 Å². The van der Waals surface area contributed by atoms with Crippen molar-refractivity contribution in [1.29, 1.82) is 0 Å². The van der Waals surface area contributed by atoms with E-state index < -0.39 is 0 Å². The zero-order valence-corrected chi connectivity index (χ0v) is 8.24. The molecule has 0 aromatic heterocycles. The first-order chi connectivity index (χ1) is 5.18. The van der Waals surface area contributed by atoms with Crippen LogP contribution < -0.4 is 0 Å². The molecule has 0 saturated heterocycles. The third-order valence-electron chi connectivity index (χ3n) is 1.77. The van der Waals surface area contributed by atoms with Crippen molar-refractivity contribution < 1.29 is 4.74 Å². The summed E-state index contributed by atoms with van der Waals surface area (Å²) >= 11 is 0. The van der Waals surface area contributed by atoms with Gasteiger partial charge in [0.15, 0.2) is 0 Å². The summed E-state index contributed by atoms with van der Waals surface area (Å²) in [7, 11) is 0. The quantitative estimate of drug-likeness (QED) is 0.437. The Morgan fingerprint density at radius 3 is 2.18 bits per heavy atom. The predicted octanol–water partition coefficient (Wildman–Crippen LogP) is 3.51. The van der Waals surface area contributed by atoms with Crippen molar-refractivity contribution in [3.05, 3.63) is 11.3 Å². The average Bonchev–Trinajstić information content (AvgIpc) is 1.97. The third-order valence-corrected chi connectivity index (χ3v) is 1.77. The fraction of sp³-hybridized carbons (Fsp3) is 0.800. The van der Waals surface area contributed by atoms with Gasteiger partial charge in [0.1, 0.15) is 0 Å². The number of hydrogen-bond donors (Lipinski definition) is 0. The van der Waals surface area contributed by atoms with Gasteiger partial charge in [0.25, 0.3) is 0 Å². The molecule has 0 radical (unpaired) electrons. The number of allylic oxidation sites excluding steroid dienone is 2. The molecule has 0 aliphatic carbocycles. The van der Waals surface area contributed by atoms with Crippen LogP contribution in [0, 0.1) is 0 Å². The third kappa shape index (κ3) is 5.96. The average molecular weight is 156 g/mol. The van der Waals surface area contributed by atoms with Gasteiger partial charge >= 0.3 is 0 Å². The maximum atomic E-state index is 5.49. The summed E-state index contributed by atoms with van der Waals surface area (Å²) in [5, 5.41) is 0. The summed E-state index contributed by atoms with van der Waals surface area (Å²) in [6, 6.07) is 0.